The van der Waals surface area contributed by atoms with Gasteiger partial charge in [-0.05, 0) is 12.1 Å². The molecule has 0 radical (unpaired) electrons. The third kappa shape index (κ3) is 4.44. The minimum Gasteiger partial charge on any atom is -0.383 e. The van der Waals surface area contributed by atoms with Crippen molar-refractivity contribution in [3.05, 3.63) is 29.8 Å². The standard InChI is InChI=1S/C12H15F3N2O2/c1-17(7-8-19-2)11(18)16-10-6-4-3-5-9(10)12(13,14)15/h3-6H,7-8H2,1-2H3,(H,16,18). The predicted octanol–water partition coefficient (Wildman–Crippen LogP) is 2.82. The van der Waals surface area contributed by atoms with Gasteiger partial charge in [-0.25, -0.2) is 4.79 Å². The number of halogens is 3. The Kier molecular flexibility index (Phi) is 5.17. The van der Waals surface area contributed by atoms with Gasteiger partial charge >= 0.3 is 12.2 Å². The molecular formula is C12H15F3N2O2. The van der Waals surface area contributed by atoms with Gasteiger partial charge in [-0.2, -0.15) is 13.2 Å². The van der Waals surface area contributed by atoms with Gasteiger partial charge < -0.3 is 15.0 Å². The van der Waals surface area contributed by atoms with E-state index in [-0.39, 0.29) is 12.2 Å². The number of nitrogens with one attached hydrogen (secondary N) is 1. The first-order valence-electron chi connectivity index (χ1n) is 5.53. The fourth-order valence-corrected chi connectivity index (χ4v) is 1.38. The Hall–Kier alpha value is -1.76. The van der Waals surface area contributed by atoms with Crippen molar-refractivity contribution in [2.24, 2.45) is 0 Å². The number of carbonyl (C=O) groups is 1. The van der Waals surface area contributed by atoms with Crippen LogP contribution in [0.15, 0.2) is 24.3 Å². The van der Waals surface area contributed by atoms with E-state index in [0.29, 0.717) is 6.61 Å². The highest BCUT2D eigenvalue weighted by atomic mass is 19.4. The zero-order valence-corrected chi connectivity index (χ0v) is 10.6. The van der Waals surface area contributed by atoms with Crippen LogP contribution < -0.4 is 5.32 Å². The largest absolute Gasteiger partial charge is 0.418 e. The smallest absolute Gasteiger partial charge is 0.383 e. The maximum Gasteiger partial charge on any atom is 0.418 e. The van der Waals surface area contributed by atoms with Crippen LogP contribution in [0, 0.1) is 0 Å². The first-order valence-corrected chi connectivity index (χ1v) is 5.53. The molecule has 0 atom stereocenters. The quantitative estimate of drug-likeness (QED) is 0.918. The van der Waals surface area contributed by atoms with Crippen LogP contribution >= 0.6 is 0 Å². The highest BCUT2D eigenvalue weighted by molar-refractivity contribution is 5.90. The molecule has 1 N–H and O–H groups in total. The summed E-state index contributed by atoms with van der Waals surface area (Å²) in [5.74, 6) is 0. The van der Waals surface area contributed by atoms with E-state index >= 15 is 0 Å². The lowest BCUT2D eigenvalue weighted by atomic mass is 10.1. The fraction of sp³-hybridized carbons (Fsp3) is 0.417. The molecule has 2 amide bonds. The van der Waals surface area contributed by atoms with Crippen LogP contribution in [0.2, 0.25) is 0 Å². The van der Waals surface area contributed by atoms with E-state index in [2.05, 4.69) is 5.32 Å². The summed E-state index contributed by atoms with van der Waals surface area (Å²) in [5, 5.41) is 2.24. The molecule has 0 aromatic heterocycles. The summed E-state index contributed by atoms with van der Waals surface area (Å²) in [7, 11) is 2.95. The molecule has 0 spiro atoms. The zero-order valence-electron chi connectivity index (χ0n) is 10.6. The predicted molar refractivity (Wildman–Crippen MR) is 65.0 cm³/mol. The number of hydrogen-bond acceptors (Lipinski definition) is 2. The van der Waals surface area contributed by atoms with Gasteiger partial charge in [0.2, 0.25) is 0 Å². The number of carbonyl (C=O) groups excluding carboxylic acids is 1. The number of urea groups is 1. The topological polar surface area (TPSA) is 41.6 Å². The molecule has 1 aromatic carbocycles. The highest BCUT2D eigenvalue weighted by Gasteiger charge is 2.33. The number of benzene rings is 1. The highest BCUT2D eigenvalue weighted by Crippen LogP contribution is 2.34. The molecule has 0 saturated carbocycles. The molecule has 0 bridgehead atoms. The maximum atomic E-state index is 12.7. The third-order valence-corrected chi connectivity index (χ3v) is 2.45. The van der Waals surface area contributed by atoms with Crippen molar-refractivity contribution >= 4 is 11.7 Å². The summed E-state index contributed by atoms with van der Waals surface area (Å²) in [6.07, 6.45) is -4.50. The minimum atomic E-state index is -4.50. The van der Waals surface area contributed by atoms with Crippen LogP contribution in [0.4, 0.5) is 23.7 Å². The number of amides is 2. The molecule has 19 heavy (non-hydrogen) atoms. The van der Waals surface area contributed by atoms with E-state index in [9.17, 15) is 18.0 Å². The summed E-state index contributed by atoms with van der Waals surface area (Å²) in [4.78, 5) is 12.9. The average Bonchev–Trinajstić information content (AvgIpc) is 2.35. The summed E-state index contributed by atoms with van der Waals surface area (Å²) < 4.78 is 42.9. The summed E-state index contributed by atoms with van der Waals surface area (Å²) >= 11 is 0. The number of anilines is 1. The number of nitrogens with zero attached hydrogens (tertiary/aromatic N) is 1. The van der Waals surface area contributed by atoms with Crippen molar-refractivity contribution in [1.29, 1.82) is 0 Å². The van der Waals surface area contributed by atoms with Crippen molar-refractivity contribution in [1.82, 2.24) is 4.90 Å². The van der Waals surface area contributed by atoms with E-state index in [1.807, 2.05) is 0 Å². The Morgan fingerprint density at radius 2 is 2.00 bits per heavy atom. The monoisotopic (exact) mass is 276 g/mol. The van der Waals surface area contributed by atoms with E-state index < -0.39 is 17.8 Å². The van der Waals surface area contributed by atoms with E-state index in [1.54, 1.807) is 0 Å². The Morgan fingerprint density at radius 1 is 1.37 bits per heavy atom. The normalized spacial score (nSPS) is 11.2. The molecule has 0 aliphatic carbocycles. The number of ether oxygens (including phenoxy) is 1. The van der Waals surface area contributed by atoms with Gasteiger partial charge in [0.25, 0.3) is 0 Å². The molecule has 4 nitrogen and oxygen atoms in total. The number of rotatable bonds is 4. The van der Waals surface area contributed by atoms with Crippen molar-refractivity contribution < 1.29 is 22.7 Å². The first-order chi connectivity index (χ1) is 8.86. The number of hydrogen-bond donors (Lipinski definition) is 1. The molecule has 7 heteroatoms. The van der Waals surface area contributed by atoms with Gasteiger partial charge in [-0.1, -0.05) is 12.1 Å². The molecule has 1 rings (SSSR count). The van der Waals surface area contributed by atoms with Crippen LogP contribution in [0.3, 0.4) is 0 Å². The molecule has 0 fully saturated rings. The van der Waals surface area contributed by atoms with Crippen molar-refractivity contribution in [3.63, 3.8) is 0 Å². The van der Waals surface area contributed by atoms with Gasteiger partial charge in [0.1, 0.15) is 0 Å². The number of para-hydroxylation sites is 1. The molecule has 1 aromatic rings. The molecular weight excluding hydrogens is 261 g/mol. The van der Waals surface area contributed by atoms with E-state index in [1.165, 1.54) is 37.3 Å². The van der Waals surface area contributed by atoms with Crippen LogP contribution in [-0.2, 0) is 10.9 Å². The molecule has 106 valence electrons. The number of methoxy groups -OCH3 is 1. The Balaban J connectivity index is 2.80. The van der Waals surface area contributed by atoms with Crippen molar-refractivity contribution in [3.8, 4) is 0 Å². The SMILES string of the molecule is COCCN(C)C(=O)Nc1ccccc1C(F)(F)F. The lowest BCUT2D eigenvalue weighted by molar-refractivity contribution is -0.136. The van der Waals surface area contributed by atoms with Crippen molar-refractivity contribution in [2.75, 3.05) is 32.6 Å². The van der Waals surface area contributed by atoms with Crippen LogP contribution in [0.1, 0.15) is 5.56 Å². The van der Waals surface area contributed by atoms with Crippen LogP contribution in [0.5, 0.6) is 0 Å². The van der Waals surface area contributed by atoms with Gasteiger partial charge in [0.15, 0.2) is 0 Å². The minimum absolute atomic E-state index is 0.260. The third-order valence-electron chi connectivity index (χ3n) is 2.45. The number of alkyl halides is 3. The lowest BCUT2D eigenvalue weighted by Gasteiger charge is -2.19. The van der Waals surface area contributed by atoms with Gasteiger partial charge in [-0.3, -0.25) is 0 Å². The van der Waals surface area contributed by atoms with Crippen LogP contribution in [0.25, 0.3) is 0 Å². The lowest BCUT2D eigenvalue weighted by Crippen LogP contribution is -2.34. The van der Waals surface area contributed by atoms with Gasteiger partial charge in [0.05, 0.1) is 17.9 Å². The average molecular weight is 276 g/mol. The first kappa shape index (κ1) is 15.3. The van der Waals surface area contributed by atoms with Gasteiger partial charge in [0, 0.05) is 20.7 Å². The summed E-state index contributed by atoms with van der Waals surface area (Å²) in [5.41, 5.74) is -1.13. The second kappa shape index (κ2) is 6.42. The molecule has 0 unspecified atom stereocenters. The molecule has 0 saturated heterocycles. The Morgan fingerprint density at radius 3 is 2.58 bits per heavy atom. The molecule has 0 aliphatic rings. The summed E-state index contributed by atoms with van der Waals surface area (Å²) in [6, 6.07) is 4.22. The maximum absolute atomic E-state index is 12.7. The van der Waals surface area contributed by atoms with Crippen LogP contribution in [-0.4, -0.2) is 38.2 Å². The molecule has 0 aliphatic heterocycles. The second-order valence-electron chi connectivity index (χ2n) is 3.89. The fourth-order valence-electron chi connectivity index (χ4n) is 1.38. The Bertz CT molecular complexity index is 435. The zero-order chi connectivity index (χ0) is 14.5. The number of likely N-dealkylation sites (N-methyl/N-ethyl adjacent to an activating group) is 1. The molecule has 0 heterocycles. The van der Waals surface area contributed by atoms with Gasteiger partial charge in [-0.15, -0.1) is 0 Å². The van der Waals surface area contributed by atoms with E-state index in [4.69, 9.17) is 4.74 Å². The second-order valence-corrected chi connectivity index (χ2v) is 3.89. The van der Waals surface area contributed by atoms with E-state index in [0.717, 1.165) is 6.07 Å². The summed E-state index contributed by atoms with van der Waals surface area (Å²) in [6.45, 7) is 0.599. The Labute approximate surface area is 109 Å². The van der Waals surface area contributed by atoms with Crippen molar-refractivity contribution in [2.45, 2.75) is 6.18 Å².